The van der Waals surface area contributed by atoms with E-state index in [1.165, 1.54) is 13.8 Å². The van der Waals surface area contributed by atoms with Crippen molar-refractivity contribution in [3.05, 3.63) is 23.8 Å². The lowest BCUT2D eigenvalue weighted by Gasteiger charge is -2.29. The van der Waals surface area contributed by atoms with Gasteiger partial charge in [0.25, 0.3) is 11.8 Å². The zero-order valence-corrected chi connectivity index (χ0v) is 16.2. The summed E-state index contributed by atoms with van der Waals surface area (Å²) in [6.07, 6.45) is -4.83. The Morgan fingerprint density at radius 2 is 1.87 bits per heavy atom. The molecule has 1 saturated heterocycles. The first kappa shape index (κ1) is 23.1. The van der Waals surface area contributed by atoms with Gasteiger partial charge >= 0.3 is 6.18 Å². The van der Waals surface area contributed by atoms with Crippen LogP contribution in [0.4, 0.5) is 24.5 Å². The first-order valence-corrected chi connectivity index (χ1v) is 8.91. The fourth-order valence-electron chi connectivity index (χ4n) is 2.64. The first-order chi connectivity index (χ1) is 13.9. The third kappa shape index (κ3) is 5.47. The number of benzene rings is 1. The van der Waals surface area contributed by atoms with Crippen molar-refractivity contribution in [2.24, 2.45) is 11.7 Å². The van der Waals surface area contributed by atoms with Crippen LogP contribution in [0.1, 0.15) is 19.4 Å². The average molecular weight is 430 g/mol. The lowest BCUT2D eigenvalue weighted by molar-refractivity contribution is -0.137. The number of nitrogens with zero attached hydrogens (tertiary/aromatic N) is 1. The second-order valence-corrected chi connectivity index (χ2v) is 6.82. The Bertz CT molecular complexity index is 857. The third-order valence-corrected chi connectivity index (χ3v) is 4.20. The topological polar surface area (TPSA) is 131 Å². The Kier molecular flexibility index (Phi) is 7.03. The standard InChI is InChI=1S/C18H21F3N4O5/c1-9(2)16(28)24-14(15(22)27)17(29)23-10-3-4-12(11(7-10)18(19,20)21)25-5-6-30-8-13(25)26/h3-4,7,9,14H,5-6,8H2,1-2H3,(H2,22,27)(H,23,29)(H,24,28)/t14-/m0/s1. The van der Waals surface area contributed by atoms with Gasteiger partial charge in [0.15, 0.2) is 6.04 Å². The highest BCUT2D eigenvalue weighted by atomic mass is 19.4. The monoisotopic (exact) mass is 430 g/mol. The molecule has 12 heteroatoms. The summed E-state index contributed by atoms with van der Waals surface area (Å²) in [5.41, 5.74) is 3.30. The largest absolute Gasteiger partial charge is 0.418 e. The summed E-state index contributed by atoms with van der Waals surface area (Å²) < 4.78 is 45.7. The third-order valence-electron chi connectivity index (χ3n) is 4.20. The molecule has 0 aliphatic carbocycles. The van der Waals surface area contributed by atoms with Crippen LogP contribution in [0.5, 0.6) is 0 Å². The highest BCUT2D eigenvalue weighted by molar-refractivity contribution is 6.11. The molecule has 2 rings (SSSR count). The molecule has 1 aliphatic heterocycles. The van der Waals surface area contributed by atoms with E-state index in [1.807, 2.05) is 0 Å². The average Bonchev–Trinajstić information content (AvgIpc) is 2.65. The molecule has 0 radical (unpaired) electrons. The van der Waals surface area contributed by atoms with E-state index < -0.39 is 47.3 Å². The van der Waals surface area contributed by atoms with Gasteiger partial charge in [-0.05, 0) is 18.2 Å². The normalized spacial score (nSPS) is 15.7. The van der Waals surface area contributed by atoms with Crippen LogP contribution in [-0.2, 0) is 30.1 Å². The van der Waals surface area contributed by atoms with Gasteiger partial charge in [-0.25, -0.2) is 0 Å². The minimum atomic E-state index is -4.83. The summed E-state index contributed by atoms with van der Waals surface area (Å²) in [6.45, 7) is 2.72. The van der Waals surface area contributed by atoms with Gasteiger partial charge in [-0.3, -0.25) is 19.2 Å². The second-order valence-electron chi connectivity index (χ2n) is 6.82. The molecule has 0 aromatic heterocycles. The van der Waals surface area contributed by atoms with Gasteiger partial charge in [0.1, 0.15) is 6.61 Å². The summed E-state index contributed by atoms with van der Waals surface area (Å²) in [5, 5.41) is 4.27. The first-order valence-electron chi connectivity index (χ1n) is 8.91. The number of carbonyl (C=O) groups is 4. The number of hydrogen-bond donors (Lipinski definition) is 3. The minimum Gasteiger partial charge on any atom is -0.370 e. The summed E-state index contributed by atoms with van der Waals surface area (Å²) >= 11 is 0. The fourth-order valence-corrected chi connectivity index (χ4v) is 2.64. The van der Waals surface area contributed by atoms with E-state index in [0.717, 1.165) is 17.0 Å². The van der Waals surface area contributed by atoms with E-state index in [-0.39, 0.29) is 31.1 Å². The highest BCUT2D eigenvalue weighted by Gasteiger charge is 2.37. The maximum Gasteiger partial charge on any atom is 0.418 e. The van der Waals surface area contributed by atoms with Gasteiger partial charge in [-0.15, -0.1) is 0 Å². The number of primary amides is 1. The van der Waals surface area contributed by atoms with Crippen LogP contribution in [0.2, 0.25) is 0 Å². The van der Waals surface area contributed by atoms with E-state index in [1.54, 1.807) is 0 Å². The molecule has 4 amide bonds. The molecule has 0 saturated carbocycles. The number of nitrogens with one attached hydrogen (secondary N) is 2. The quantitative estimate of drug-likeness (QED) is 0.570. The van der Waals surface area contributed by atoms with Gasteiger partial charge < -0.3 is 26.0 Å². The molecule has 0 spiro atoms. The maximum atomic E-state index is 13.6. The van der Waals surface area contributed by atoms with Crippen molar-refractivity contribution < 1.29 is 37.1 Å². The van der Waals surface area contributed by atoms with Crippen molar-refractivity contribution in [1.29, 1.82) is 0 Å². The molecule has 30 heavy (non-hydrogen) atoms. The summed E-state index contributed by atoms with van der Waals surface area (Å²) in [6, 6.07) is 1.05. The smallest absolute Gasteiger partial charge is 0.370 e. The number of amides is 4. The summed E-state index contributed by atoms with van der Waals surface area (Å²) in [5.74, 6) is -4.09. The molecule has 1 aromatic rings. The Labute approximate surface area is 169 Å². The summed E-state index contributed by atoms with van der Waals surface area (Å²) in [4.78, 5) is 48.5. The van der Waals surface area contributed by atoms with Crippen molar-refractivity contribution in [2.75, 3.05) is 30.0 Å². The van der Waals surface area contributed by atoms with Crippen molar-refractivity contribution >= 4 is 35.0 Å². The number of alkyl halides is 3. The molecule has 4 N–H and O–H groups in total. The molecule has 1 heterocycles. The molecule has 9 nitrogen and oxygen atoms in total. The van der Waals surface area contributed by atoms with Crippen molar-refractivity contribution in [1.82, 2.24) is 5.32 Å². The number of carbonyl (C=O) groups excluding carboxylic acids is 4. The van der Waals surface area contributed by atoms with Crippen molar-refractivity contribution in [3.8, 4) is 0 Å². The van der Waals surface area contributed by atoms with Crippen LogP contribution in [0.25, 0.3) is 0 Å². The molecule has 1 fully saturated rings. The number of rotatable bonds is 6. The number of hydrogen-bond acceptors (Lipinski definition) is 5. The zero-order chi connectivity index (χ0) is 22.6. The van der Waals surface area contributed by atoms with E-state index in [0.29, 0.717) is 6.07 Å². The Morgan fingerprint density at radius 1 is 1.20 bits per heavy atom. The van der Waals surface area contributed by atoms with Crippen molar-refractivity contribution in [3.63, 3.8) is 0 Å². The van der Waals surface area contributed by atoms with E-state index in [2.05, 4.69) is 10.6 Å². The molecular formula is C18H21F3N4O5. The van der Waals surface area contributed by atoms with Gasteiger partial charge in [0.05, 0.1) is 17.9 Å². The molecule has 0 bridgehead atoms. The minimum absolute atomic E-state index is 0.0569. The molecule has 1 atom stereocenters. The molecular weight excluding hydrogens is 409 g/mol. The van der Waals surface area contributed by atoms with Crippen LogP contribution >= 0.6 is 0 Å². The molecule has 1 aliphatic rings. The Morgan fingerprint density at radius 3 is 2.40 bits per heavy atom. The predicted octanol–water partition coefficient (Wildman–Crippen LogP) is 0.633. The van der Waals surface area contributed by atoms with Crippen LogP contribution in [0.15, 0.2) is 18.2 Å². The maximum absolute atomic E-state index is 13.6. The number of nitrogens with two attached hydrogens (primary N) is 1. The molecule has 1 aromatic carbocycles. The lowest BCUT2D eigenvalue weighted by Crippen LogP contribution is -2.52. The summed E-state index contributed by atoms with van der Waals surface area (Å²) in [7, 11) is 0. The number of morpholine rings is 1. The van der Waals surface area contributed by atoms with E-state index in [9.17, 15) is 32.3 Å². The Hall–Kier alpha value is -3.15. The SMILES string of the molecule is CC(C)C(=O)N[C@@H](C(N)=O)C(=O)Nc1ccc(N2CCOCC2=O)c(C(F)(F)F)c1. The molecule has 0 unspecified atom stereocenters. The van der Waals surface area contributed by atoms with E-state index in [4.69, 9.17) is 10.5 Å². The Balaban J connectivity index is 2.31. The predicted molar refractivity (Wildman–Crippen MR) is 99.2 cm³/mol. The van der Waals surface area contributed by atoms with E-state index >= 15 is 0 Å². The second kappa shape index (κ2) is 9.11. The van der Waals surface area contributed by atoms with Crippen LogP contribution < -0.4 is 21.3 Å². The highest BCUT2D eigenvalue weighted by Crippen LogP contribution is 2.38. The van der Waals surface area contributed by atoms with Gasteiger partial charge in [0, 0.05) is 18.2 Å². The zero-order valence-electron chi connectivity index (χ0n) is 16.2. The van der Waals surface area contributed by atoms with Crippen LogP contribution in [0, 0.1) is 5.92 Å². The van der Waals surface area contributed by atoms with Gasteiger partial charge in [-0.1, -0.05) is 13.8 Å². The van der Waals surface area contributed by atoms with Crippen LogP contribution in [0.3, 0.4) is 0 Å². The van der Waals surface area contributed by atoms with Crippen LogP contribution in [-0.4, -0.2) is 49.4 Å². The van der Waals surface area contributed by atoms with Gasteiger partial charge in [0.2, 0.25) is 11.8 Å². The number of ether oxygens (including phenoxy) is 1. The van der Waals surface area contributed by atoms with Gasteiger partial charge in [-0.2, -0.15) is 13.2 Å². The number of halogens is 3. The lowest BCUT2D eigenvalue weighted by atomic mass is 10.1. The van der Waals surface area contributed by atoms with Crippen molar-refractivity contribution in [2.45, 2.75) is 26.1 Å². The molecule has 164 valence electrons. The fraction of sp³-hybridized carbons (Fsp3) is 0.444. The number of anilines is 2.